The summed E-state index contributed by atoms with van der Waals surface area (Å²) in [5, 5.41) is 98.6. The van der Waals surface area contributed by atoms with E-state index in [1.807, 2.05) is 0 Å². The van der Waals surface area contributed by atoms with E-state index < -0.39 is 99.7 Å². The number of rotatable bonds is 4. The summed E-state index contributed by atoms with van der Waals surface area (Å²) in [6.45, 7) is -0.808. The van der Waals surface area contributed by atoms with Gasteiger partial charge in [-0.3, -0.25) is 4.79 Å². The van der Waals surface area contributed by atoms with E-state index in [0.29, 0.717) is 6.07 Å². The molecule has 188 valence electrons. The molecule has 0 amide bonds. The van der Waals surface area contributed by atoms with Gasteiger partial charge < -0.3 is 65.0 Å². The number of benzene rings is 2. The number of fused-ring (bicyclic) bond motifs is 1. The van der Waals surface area contributed by atoms with Gasteiger partial charge in [-0.05, 0) is 12.1 Å². The van der Waals surface area contributed by atoms with Crippen molar-refractivity contribution in [2.75, 3.05) is 6.61 Å². The van der Waals surface area contributed by atoms with Gasteiger partial charge in [0.05, 0.1) is 6.61 Å². The van der Waals surface area contributed by atoms with Crippen molar-refractivity contribution in [3.63, 3.8) is 0 Å². The van der Waals surface area contributed by atoms with Crippen molar-refractivity contribution in [1.29, 1.82) is 0 Å². The maximum Gasteiger partial charge on any atom is 0.239 e. The number of aliphatic hydroxyl groups is 4. The molecule has 0 bridgehead atoms. The second-order valence-corrected chi connectivity index (χ2v) is 7.74. The molecule has 10 N–H and O–H groups in total. The van der Waals surface area contributed by atoms with E-state index in [2.05, 4.69) is 0 Å². The van der Waals surface area contributed by atoms with Crippen molar-refractivity contribution in [3.8, 4) is 51.6 Å². The van der Waals surface area contributed by atoms with Crippen molar-refractivity contribution in [3.05, 3.63) is 28.4 Å². The lowest BCUT2D eigenvalue weighted by Crippen LogP contribution is -2.60. The Morgan fingerprint density at radius 3 is 2.00 bits per heavy atom. The summed E-state index contributed by atoms with van der Waals surface area (Å²) in [5.74, 6) is -6.77. The molecule has 35 heavy (non-hydrogen) atoms. The van der Waals surface area contributed by atoms with E-state index >= 15 is 0 Å². The van der Waals surface area contributed by atoms with Gasteiger partial charge in [0.15, 0.2) is 34.3 Å². The number of phenols is 6. The first-order chi connectivity index (χ1) is 16.5. The van der Waals surface area contributed by atoms with Crippen molar-refractivity contribution in [1.82, 2.24) is 0 Å². The summed E-state index contributed by atoms with van der Waals surface area (Å²) in [7, 11) is 0. The van der Waals surface area contributed by atoms with Gasteiger partial charge in [0.2, 0.25) is 23.2 Å². The monoisotopic (exact) mass is 496 g/mol. The Hall–Kier alpha value is -3.95. The molecule has 0 radical (unpaired) electrons. The van der Waals surface area contributed by atoms with Gasteiger partial charge in [0, 0.05) is 11.6 Å². The summed E-state index contributed by atoms with van der Waals surface area (Å²) >= 11 is 0. The van der Waals surface area contributed by atoms with Crippen LogP contribution in [0.3, 0.4) is 0 Å². The smallest absolute Gasteiger partial charge is 0.239 e. The Labute approximate surface area is 193 Å². The number of aliphatic hydroxyl groups excluding tert-OH is 4. The Balaban J connectivity index is 1.97. The minimum Gasteiger partial charge on any atom is -0.507 e. The van der Waals surface area contributed by atoms with E-state index in [1.165, 1.54) is 0 Å². The maximum atomic E-state index is 13.3. The van der Waals surface area contributed by atoms with Crippen molar-refractivity contribution in [2.45, 2.75) is 30.7 Å². The molecule has 14 nitrogen and oxygen atoms in total. The normalized spacial score (nSPS) is 24.5. The predicted octanol–water partition coefficient (Wildman–Crippen LogP) is -1.13. The number of hydrogen-bond acceptors (Lipinski definition) is 14. The highest BCUT2D eigenvalue weighted by Gasteiger charge is 2.45. The first kappa shape index (κ1) is 24.2. The van der Waals surface area contributed by atoms with Crippen LogP contribution in [0.5, 0.6) is 40.2 Å². The highest BCUT2D eigenvalue weighted by Crippen LogP contribution is 2.45. The van der Waals surface area contributed by atoms with Crippen LogP contribution in [-0.2, 0) is 4.74 Å². The second-order valence-electron chi connectivity index (χ2n) is 7.74. The molecule has 0 unspecified atom stereocenters. The molecule has 1 aliphatic heterocycles. The summed E-state index contributed by atoms with van der Waals surface area (Å²) < 4.78 is 16.1. The predicted molar refractivity (Wildman–Crippen MR) is 112 cm³/mol. The zero-order valence-corrected chi connectivity index (χ0v) is 17.4. The molecule has 0 saturated carbocycles. The molecule has 0 spiro atoms. The fourth-order valence-electron chi connectivity index (χ4n) is 3.62. The first-order valence-corrected chi connectivity index (χ1v) is 9.93. The molecule has 2 aromatic carbocycles. The molecule has 14 heteroatoms. The van der Waals surface area contributed by atoms with Crippen LogP contribution in [0.1, 0.15) is 0 Å². The number of ether oxygens (including phenoxy) is 2. The van der Waals surface area contributed by atoms with Crippen LogP contribution in [0.15, 0.2) is 27.4 Å². The molecule has 1 aromatic heterocycles. The van der Waals surface area contributed by atoms with Gasteiger partial charge in [-0.15, -0.1) is 0 Å². The highest BCUT2D eigenvalue weighted by molar-refractivity contribution is 5.93. The summed E-state index contributed by atoms with van der Waals surface area (Å²) in [6, 6.07) is 2.31. The van der Waals surface area contributed by atoms with Gasteiger partial charge in [-0.2, -0.15) is 0 Å². The number of phenolic OH excluding ortho intramolecular Hbond substituents is 6. The lowest BCUT2D eigenvalue weighted by molar-refractivity contribution is -0.277. The molecule has 5 atom stereocenters. The molecular formula is C21H20O14. The fourth-order valence-corrected chi connectivity index (χ4v) is 3.62. The Morgan fingerprint density at radius 2 is 1.40 bits per heavy atom. The van der Waals surface area contributed by atoms with Gasteiger partial charge in [0.25, 0.3) is 0 Å². The van der Waals surface area contributed by atoms with Crippen molar-refractivity contribution in [2.24, 2.45) is 0 Å². The van der Waals surface area contributed by atoms with Crippen LogP contribution >= 0.6 is 0 Å². The van der Waals surface area contributed by atoms with Crippen molar-refractivity contribution >= 4 is 11.0 Å². The average molecular weight is 496 g/mol. The Morgan fingerprint density at radius 1 is 0.800 bits per heavy atom. The molecule has 3 aromatic rings. The second kappa shape index (κ2) is 8.68. The van der Waals surface area contributed by atoms with Crippen LogP contribution in [0.4, 0.5) is 0 Å². The third kappa shape index (κ3) is 3.88. The van der Waals surface area contributed by atoms with Gasteiger partial charge in [-0.25, -0.2) is 0 Å². The quantitative estimate of drug-likeness (QED) is 0.152. The maximum absolute atomic E-state index is 13.3. The van der Waals surface area contributed by atoms with E-state index in [1.54, 1.807) is 0 Å². The number of hydrogen-bond donors (Lipinski definition) is 10. The molecule has 0 aliphatic carbocycles. The molecule has 1 aliphatic rings. The minimum atomic E-state index is -1.96. The van der Waals surface area contributed by atoms with Gasteiger partial charge in [0.1, 0.15) is 35.6 Å². The third-order valence-corrected chi connectivity index (χ3v) is 5.47. The van der Waals surface area contributed by atoms with Crippen LogP contribution < -0.4 is 10.2 Å². The lowest BCUT2D eigenvalue weighted by Gasteiger charge is -2.39. The number of aromatic hydroxyl groups is 6. The zero-order chi connectivity index (χ0) is 25.8. The topological polar surface area (TPSA) is 251 Å². The SMILES string of the molecule is O=c1c(O[C@@H]2O[C@H](CO)[C@H](O)[C@H](O)[C@H]2O)c(-c2cc(O)c(O)c(O)c2)oc2c(O)c(O)cc(O)c12. The van der Waals surface area contributed by atoms with Gasteiger partial charge in [-0.1, -0.05) is 0 Å². The van der Waals surface area contributed by atoms with E-state index in [4.69, 9.17) is 13.9 Å². The first-order valence-electron chi connectivity index (χ1n) is 9.93. The molecule has 4 rings (SSSR count). The lowest BCUT2D eigenvalue weighted by atomic mass is 9.99. The molecular weight excluding hydrogens is 476 g/mol. The highest BCUT2D eigenvalue weighted by atomic mass is 16.7. The fraction of sp³-hybridized carbons (Fsp3) is 0.286. The van der Waals surface area contributed by atoms with E-state index in [0.717, 1.165) is 12.1 Å². The Bertz CT molecular complexity index is 1320. The summed E-state index contributed by atoms with van der Waals surface area (Å²) in [5.41, 5.74) is -2.24. The standard InChI is InChI=1S/C21H20O14/c22-4-10-14(29)16(31)17(32)21(33-10)35-20-15(30)11-6(23)3-9(26)13(28)19(11)34-18(20)5-1-7(24)12(27)8(25)2-5/h1-3,10,14,16-17,21-29,31-32H,4H2/t10-,14+,16+,17-,21+/m1/s1. The zero-order valence-electron chi connectivity index (χ0n) is 17.4. The molecule has 2 heterocycles. The average Bonchev–Trinajstić information content (AvgIpc) is 2.81. The van der Waals surface area contributed by atoms with Crippen LogP contribution in [0, 0.1) is 0 Å². The largest absolute Gasteiger partial charge is 0.507 e. The van der Waals surface area contributed by atoms with Crippen molar-refractivity contribution < 1.29 is 65.0 Å². The van der Waals surface area contributed by atoms with Gasteiger partial charge >= 0.3 is 0 Å². The van der Waals surface area contributed by atoms with E-state index in [-0.39, 0.29) is 5.56 Å². The summed E-state index contributed by atoms with van der Waals surface area (Å²) in [4.78, 5) is 13.3. The third-order valence-electron chi connectivity index (χ3n) is 5.47. The summed E-state index contributed by atoms with van der Waals surface area (Å²) in [6.07, 6.45) is -8.88. The van der Waals surface area contributed by atoms with Crippen LogP contribution in [0.2, 0.25) is 0 Å². The van der Waals surface area contributed by atoms with Crippen LogP contribution in [-0.4, -0.2) is 88.4 Å². The van der Waals surface area contributed by atoms with E-state index in [9.17, 15) is 55.9 Å². The molecule has 1 saturated heterocycles. The molecule has 1 fully saturated rings. The Kier molecular flexibility index (Phi) is 6.00. The minimum absolute atomic E-state index is 0.321. The van der Waals surface area contributed by atoms with Crippen LogP contribution in [0.25, 0.3) is 22.3 Å².